The molecule has 7 N–H and O–H groups in total. The first kappa shape index (κ1) is 43.0. The normalized spacial score (nSPS) is 20.9. The number of morpholine rings is 1. The minimum Gasteiger partial charge on any atom is -0.477 e. The highest BCUT2D eigenvalue weighted by atomic mass is 32.2. The van der Waals surface area contributed by atoms with Crippen LogP contribution in [0.1, 0.15) is 33.2 Å². The van der Waals surface area contributed by atoms with Gasteiger partial charge in [0.25, 0.3) is 5.91 Å². The quantitative estimate of drug-likeness (QED) is 0.120. The van der Waals surface area contributed by atoms with E-state index < -0.39 is 36.8 Å². The number of hydrogen-bond acceptors (Lipinski definition) is 20. The summed E-state index contributed by atoms with van der Waals surface area (Å²) in [6, 6.07) is 1.73. The summed E-state index contributed by atoms with van der Waals surface area (Å²) in [6.45, 7) is 8.62. The van der Waals surface area contributed by atoms with Gasteiger partial charge in [-0.1, -0.05) is 22.7 Å². The number of sulfonamides is 2. The molecule has 1 atom stereocenters. The van der Waals surface area contributed by atoms with Gasteiger partial charge in [0.05, 0.1) is 31.3 Å². The first-order valence-electron chi connectivity index (χ1n) is 17.0. The average Bonchev–Trinajstić information content (AvgIpc) is 4.00. The minimum absolute atomic E-state index is 0.167. The Hall–Kier alpha value is -4.09. The first-order valence-corrected chi connectivity index (χ1v) is 21.5. The molecule has 0 spiro atoms. The van der Waals surface area contributed by atoms with E-state index >= 15 is 0 Å². The third kappa shape index (κ3) is 9.37. The van der Waals surface area contributed by atoms with Crippen molar-refractivity contribution in [1.29, 1.82) is 0 Å². The number of nitrogens with two attached hydrogens (primary N) is 1. The van der Waals surface area contributed by atoms with Crippen molar-refractivity contribution < 1.29 is 51.5 Å². The van der Waals surface area contributed by atoms with Gasteiger partial charge in [0.15, 0.2) is 15.1 Å². The van der Waals surface area contributed by atoms with Crippen molar-refractivity contribution in [2.24, 2.45) is 5.90 Å². The zero-order chi connectivity index (χ0) is 40.7. The lowest BCUT2D eigenvalue weighted by atomic mass is 10.3. The zero-order valence-electron chi connectivity index (χ0n) is 30.3. The van der Waals surface area contributed by atoms with E-state index in [0.717, 1.165) is 22.7 Å². The maximum Gasteiger partial charge on any atom is 0.347 e. The molecule has 308 valence electrons. The van der Waals surface area contributed by atoms with Crippen LogP contribution < -0.4 is 31.6 Å². The van der Waals surface area contributed by atoms with Gasteiger partial charge >= 0.3 is 5.97 Å². The van der Waals surface area contributed by atoms with Crippen LogP contribution in [0.2, 0.25) is 0 Å². The number of amides is 1. The standard InChI is InChI=1S/C17H21N5O5S2.C13H19N5O5S2.H3NO/c23-16(24)14-11-19-17(28-14)21-3-5-22(6-4-21)29(25,26)15-12-18-2-1-13(15)20-7-9-27-10-8-20;1-9-7-13(2,16-23-9)25(21,22)18-5-3-17(4-6-18)12-14-8-10(24-12)11(19)15-20;1-2/h1-2,11-12H,3-10H2,(H,23,24);7-8,16,20H,3-6H2,1-2H3,(H,15,19);2H,1H2. The second-order valence-electron chi connectivity index (χ2n) is 12.6. The number of hydroxylamine groups is 2. The van der Waals surface area contributed by atoms with Crippen molar-refractivity contribution in [3.05, 3.63) is 52.4 Å². The van der Waals surface area contributed by atoms with Crippen LogP contribution in [0.5, 0.6) is 0 Å². The van der Waals surface area contributed by atoms with Crippen molar-refractivity contribution in [2.45, 2.75) is 23.6 Å². The Bertz CT molecular complexity index is 2080. The molecular formula is C30H43N11O11S4. The van der Waals surface area contributed by atoms with E-state index in [4.69, 9.17) is 25.1 Å². The third-order valence-corrected chi connectivity index (χ3v) is 15.4. The number of allylic oxidation sites excluding steroid dienone is 1. The number of carboxylic acid groups (broad SMARTS) is 1. The highest BCUT2D eigenvalue weighted by molar-refractivity contribution is 7.90. The summed E-state index contributed by atoms with van der Waals surface area (Å²) in [5.74, 6) is 2.39. The van der Waals surface area contributed by atoms with E-state index in [1.54, 1.807) is 37.7 Å². The molecule has 0 radical (unpaired) electrons. The Balaban J connectivity index is 0.000000207. The summed E-state index contributed by atoms with van der Waals surface area (Å²) >= 11 is 2.23. The van der Waals surface area contributed by atoms with Crippen molar-refractivity contribution >= 4 is 70.5 Å². The number of hydrogen-bond donors (Lipinski definition) is 6. The van der Waals surface area contributed by atoms with Crippen LogP contribution in [0.25, 0.3) is 0 Å². The number of pyridine rings is 1. The van der Waals surface area contributed by atoms with Crippen molar-refractivity contribution in [1.82, 2.24) is 34.5 Å². The number of aromatic carboxylic acids is 1. The molecule has 56 heavy (non-hydrogen) atoms. The van der Waals surface area contributed by atoms with Crippen molar-refractivity contribution in [2.75, 3.05) is 93.4 Å². The summed E-state index contributed by atoms with van der Waals surface area (Å²) in [7, 11) is -7.34. The molecular weight excluding hydrogens is 819 g/mol. The molecule has 26 heteroatoms. The molecule has 3 fully saturated rings. The van der Waals surface area contributed by atoms with Gasteiger partial charge < -0.3 is 34.6 Å². The number of nitrogens with zero attached hydrogens (tertiary/aromatic N) is 8. The third-order valence-electron chi connectivity index (χ3n) is 9.04. The number of anilines is 3. The Morgan fingerprint density at radius 1 is 0.857 bits per heavy atom. The molecule has 3 aromatic heterocycles. The predicted octanol–water partition coefficient (Wildman–Crippen LogP) is -0.213. The topological polar surface area (TPSA) is 287 Å². The number of carbonyl (C=O) groups is 2. The highest BCUT2D eigenvalue weighted by Crippen LogP contribution is 2.31. The molecule has 0 saturated carbocycles. The van der Waals surface area contributed by atoms with Crippen LogP contribution in [0.3, 0.4) is 0 Å². The molecule has 22 nitrogen and oxygen atoms in total. The summed E-state index contributed by atoms with van der Waals surface area (Å²) in [5.41, 5.74) is 4.79. The van der Waals surface area contributed by atoms with Crippen LogP contribution in [0.15, 0.2) is 47.6 Å². The Labute approximate surface area is 330 Å². The number of carboxylic acids is 1. The monoisotopic (exact) mass is 861 g/mol. The highest BCUT2D eigenvalue weighted by Gasteiger charge is 2.46. The van der Waals surface area contributed by atoms with E-state index in [1.165, 1.54) is 27.2 Å². The predicted molar refractivity (Wildman–Crippen MR) is 204 cm³/mol. The Morgan fingerprint density at radius 3 is 1.93 bits per heavy atom. The fourth-order valence-electron chi connectivity index (χ4n) is 6.12. The summed E-state index contributed by atoms with van der Waals surface area (Å²) < 4.78 is 60.6. The maximum atomic E-state index is 13.3. The summed E-state index contributed by atoms with van der Waals surface area (Å²) in [5, 5.41) is 25.4. The van der Waals surface area contributed by atoms with Gasteiger partial charge in [-0.3, -0.25) is 15.0 Å². The van der Waals surface area contributed by atoms with Gasteiger partial charge in [0.1, 0.15) is 20.4 Å². The zero-order valence-corrected chi connectivity index (χ0v) is 33.6. The molecule has 1 unspecified atom stereocenters. The van der Waals surface area contributed by atoms with Gasteiger partial charge in [-0.15, -0.1) is 5.48 Å². The van der Waals surface area contributed by atoms with Crippen molar-refractivity contribution in [3.63, 3.8) is 0 Å². The van der Waals surface area contributed by atoms with Gasteiger partial charge in [0.2, 0.25) is 20.0 Å². The van der Waals surface area contributed by atoms with E-state index in [1.807, 2.05) is 14.7 Å². The molecule has 0 aromatic carbocycles. The van der Waals surface area contributed by atoms with Crippen LogP contribution >= 0.6 is 22.7 Å². The van der Waals surface area contributed by atoms with Gasteiger partial charge in [-0.25, -0.2) is 43.0 Å². The number of carbonyl (C=O) groups excluding carboxylic acids is 1. The molecule has 7 heterocycles. The van der Waals surface area contributed by atoms with Crippen molar-refractivity contribution in [3.8, 4) is 0 Å². The SMILES string of the molecule is CC1=CC(C)(S(=O)(=O)N2CCN(c3ncc(C(=O)NO)s3)CC2)NO1.NO.O=C(O)c1cnc(N2CCN(S(=O)(=O)c3cnccc3N3CCOCC3)CC2)s1. The molecule has 4 aliphatic rings. The Morgan fingerprint density at radius 2 is 1.41 bits per heavy atom. The lowest BCUT2D eigenvalue weighted by molar-refractivity contribution is 0.0698. The largest absolute Gasteiger partial charge is 0.477 e. The fourth-order valence-corrected chi connectivity index (χ4v) is 11.0. The lowest BCUT2D eigenvalue weighted by Crippen LogP contribution is -2.57. The van der Waals surface area contributed by atoms with E-state index in [-0.39, 0.29) is 14.6 Å². The Kier molecular flexibility index (Phi) is 14.2. The van der Waals surface area contributed by atoms with Crippen LogP contribution in [0, 0.1) is 0 Å². The number of ether oxygens (including phenoxy) is 1. The molecule has 3 saturated heterocycles. The summed E-state index contributed by atoms with van der Waals surface area (Å²) in [4.78, 5) is 45.1. The fraction of sp³-hybridized carbons (Fsp3) is 0.500. The first-order chi connectivity index (χ1) is 26.7. The average molecular weight is 862 g/mol. The van der Waals surface area contributed by atoms with Crippen LogP contribution in [0.4, 0.5) is 16.0 Å². The van der Waals surface area contributed by atoms with Crippen LogP contribution in [-0.4, -0.2) is 151 Å². The minimum atomic E-state index is -3.71. The second-order valence-corrected chi connectivity index (χ2v) is 18.8. The van der Waals surface area contributed by atoms with Gasteiger partial charge in [-0.2, -0.15) is 8.61 Å². The lowest BCUT2D eigenvalue weighted by Gasteiger charge is -2.37. The number of rotatable bonds is 9. The molecule has 3 aromatic rings. The van der Waals surface area contributed by atoms with E-state index in [0.29, 0.717) is 100 Å². The van der Waals surface area contributed by atoms with Gasteiger partial charge in [-0.05, 0) is 26.0 Å². The van der Waals surface area contributed by atoms with E-state index in [9.17, 15) is 26.4 Å². The van der Waals surface area contributed by atoms with Crippen LogP contribution in [-0.2, 0) is 29.6 Å². The smallest absolute Gasteiger partial charge is 0.347 e. The molecule has 0 aliphatic carbocycles. The van der Waals surface area contributed by atoms with E-state index in [2.05, 4.69) is 26.3 Å². The molecule has 4 aliphatic heterocycles. The van der Waals surface area contributed by atoms with Gasteiger partial charge in [0, 0.05) is 77.8 Å². The summed E-state index contributed by atoms with van der Waals surface area (Å²) in [6.07, 6.45) is 7.27. The molecule has 7 rings (SSSR count). The molecule has 1 amide bonds. The second kappa shape index (κ2) is 18.4. The number of thiazole rings is 2. The molecule has 0 bridgehead atoms. The number of nitrogens with one attached hydrogen (secondary N) is 2. The number of piperazine rings is 2. The maximum absolute atomic E-state index is 13.3. The number of aromatic nitrogens is 3.